The van der Waals surface area contributed by atoms with Crippen LogP contribution in [0.5, 0.6) is 0 Å². The molecule has 0 amide bonds. The van der Waals surface area contributed by atoms with E-state index in [1.807, 2.05) is 0 Å². The number of anilines is 1. The number of ether oxygens (including phenoxy) is 1. The number of aromatic nitrogens is 2. The summed E-state index contributed by atoms with van der Waals surface area (Å²) in [5.74, 6) is 1.27. The predicted molar refractivity (Wildman–Crippen MR) is 70.0 cm³/mol. The second-order valence-electron chi connectivity index (χ2n) is 5.13. The van der Waals surface area contributed by atoms with Crippen molar-refractivity contribution in [3.63, 3.8) is 0 Å². The Labute approximate surface area is 112 Å². The van der Waals surface area contributed by atoms with Gasteiger partial charge in [-0.05, 0) is 7.05 Å². The molecule has 0 unspecified atom stereocenters. The van der Waals surface area contributed by atoms with E-state index in [4.69, 9.17) is 16.3 Å². The molecular weight excluding hydrogens is 252 g/mol. The molecule has 5 nitrogen and oxygen atoms in total. The summed E-state index contributed by atoms with van der Waals surface area (Å²) in [5, 5.41) is 0.574. The van der Waals surface area contributed by atoms with Crippen LogP contribution in [0.3, 0.4) is 0 Å². The second-order valence-corrected chi connectivity index (χ2v) is 5.57. The van der Waals surface area contributed by atoms with E-state index in [0.29, 0.717) is 17.0 Å². The zero-order valence-electron chi connectivity index (χ0n) is 10.4. The quantitative estimate of drug-likeness (QED) is 0.757. The second kappa shape index (κ2) is 4.99. The van der Waals surface area contributed by atoms with Crippen LogP contribution < -0.4 is 4.90 Å². The van der Waals surface area contributed by atoms with E-state index < -0.39 is 0 Å². The molecular formula is C12H17ClN4O. The Hall–Kier alpha value is -0.910. The van der Waals surface area contributed by atoms with E-state index >= 15 is 0 Å². The van der Waals surface area contributed by atoms with Crippen LogP contribution >= 0.6 is 11.6 Å². The lowest BCUT2D eigenvalue weighted by Gasteiger charge is -2.29. The van der Waals surface area contributed by atoms with Crippen LogP contribution in [0.2, 0.25) is 5.02 Å². The average molecular weight is 269 g/mol. The van der Waals surface area contributed by atoms with Gasteiger partial charge >= 0.3 is 0 Å². The molecule has 2 fully saturated rings. The summed E-state index contributed by atoms with van der Waals surface area (Å²) in [6, 6.07) is 0.323. The number of likely N-dealkylation sites (N-methyl/N-ethyl adjacent to an activating group) is 1. The lowest BCUT2D eigenvalue weighted by molar-refractivity contribution is 0.0724. The lowest BCUT2D eigenvalue weighted by Crippen LogP contribution is -2.43. The van der Waals surface area contributed by atoms with Gasteiger partial charge in [-0.1, -0.05) is 11.6 Å². The number of halogens is 1. The van der Waals surface area contributed by atoms with Crippen molar-refractivity contribution in [2.75, 3.05) is 44.8 Å². The van der Waals surface area contributed by atoms with Crippen LogP contribution in [0.1, 0.15) is 0 Å². The van der Waals surface area contributed by atoms with Crippen LogP contribution in [0, 0.1) is 5.92 Å². The van der Waals surface area contributed by atoms with Gasteiger partial charge in [-0.15, -0.1) is 0 Å². The molecule has 3 rings (SSSR count). The van der Waals surface area contributed by atoms with Gasteiger partial charge in [-0.3, -0.25) is 0 Å². The summed E-state index contributed by atoms with van der Waals surface area (Å²) in [6.07, 6.45) is 3.31. The van der Waals surface area contributed by atoms with Crippen LogP contribution in [0.4, 0.5) is 5.95 Å². The molecule has 0 spiro atoms. The molecule has 1 aromatic rings. The Balaban J connectivity index is 1.88. The molecule has 0 aromatic carbocycles. The fraction of sp³-hybridized carbons (Fsp3) is 0.667. The Morgan fingerprint density at radius 2 is 2.00 bits per heavy atom. The highest BCUT2D eigenvalue weighted by Gasteiger charge is 2.33. The number of fused-ring (bicyclic) bond motifs is 3. The normalized spacial score (nSPS) is 29.1. The Morgan fingerprint density at radius 3 is 2.78 bits per heavy atom. The molecule has 98 valence electrons. The third-order valence-electron chi connectivity index (χ3n) is 3.52. The first-order valence-electron chi connectivity index (χ1n) is 6.23. The van der Waals surface area contributed by atoms with E-state index in [1.54, 1.807) is 12.4 Å². The van der Waals surface area contributed by atoms with Crippen molar-refractivity contribution in [1.82, 2.24) is 14.9 Å². The number of nitrogens with zero attached hydrogens (tertiary/aromatic N) is 4. The fourth-order valence-corrected chi connectivity index (χ4v) is 2.87. The van der Waals surface area contributed by atoms with Crippen molar-refractivity contribution in [2.24, 2.45) is 5.92 Å². The van der Waals surface area contributed by atoms with Gasteiger partial charge in [-0.25, -0.2) is 9.97 Å². The molecule has 0 radical (unpaired) electrons. The fourth-order valence-electron chi connectivity index (χ4n) is 2.78. The monoisotopic (exact) mass is 268 g/mol. The van der Waals surface area contributed by atoms with Gasteiger partial charge in [0, 0.05) is 25.6 Å². The maximum atomic E-state index is 5.84. The van der Waals surface area contributed by atoms with Gasteiger partial charge in [0.15, 0.2) is 0 Å². The summed E-state index contributed by atoms with van der Waals surface area (Å²) in [7, 11) is 2.16. The van der Waals surface area contributed by atoms with Gasteiger partial charge in [0.2, 0.25) is 5.95 Å². The summed E-state index contributed by atoms with van der Waals surface area (Å²) >= 11 is 5.84. The Morgan fingerprint density at radius 1 is 1.22 bits per heavy atom. The van der Waals surface area contributed by atoms with Crippen molar-refractivity contribution in [2.45, 2.75) is 6.04 Å². The van der Waals surface area contributed by atoms with E-state index in [2.05, 4.69) is 26.8 Å². The molecule has 0 N–H and O–H groups in total. The highest BCUT2D eigenvalue weighted by Crippen LogP contribution is 2.22. The third kappa shape index (κ3) is 2.43. The molecule has 2 atom stereocenters. The largest absolute Gasteiger partial charge is 0.379 e. The molecule has 2 aliphatic rings. The minimum atomic E-state index is 0.323. The first-order valence-corrected chi connectivity index (χ1v) is 6.60. The summed E-state index contributed by atoms with van der Waals surface area (Å²) in [6.45, 7) is 4.58. The predicted octanol–water partition coefficient (Wildman–Crippen LogP) is 0.897. The number of rotatable bonds is 1. The maximum Gasteiger partial charge on any atom is 0.225 e. The molecule has 0 saturated carbocycles. The van der Waals surface area contributed by atoms with E-state index in [9.17, 15) is 0 Å². The summed E-state index contributed by atoms with van der Waals surface area (Å²) in [5.41, 5.74) is 0. The maximum absolute atomic E-state index is 5.84. The smallest absolute Gasteiger partial charge is 0.225 e. The first-order chi connectivity index (χ1) is 8.72. The highest BCUT2D eigenvalue weighted by molar-refractivity contribution is 6.30. The first kappa shape index (κ1) is 12.1. The molecule has 0 aliphatic carbocycles. The highest BCUT2D eigenvalue weighted by atomic mass is 35.5. The standard InChI is InChI=1S/C12H17ClN4O/c1-16-4-9-5-17(11(6-16)8-18-7-9)12-14-2-10(13)3-15-12/h2-3,9,11H,4-8H2,1H3/t9-,11-/m0/s1. The average Bonchev–Trinajstić information content (AvgIpc) is 2.60. The van der Waals surface area contributed by atoms with Gasteiger partial charge in [0.25, 0.3) is 0 Å². The number of hydrogen-bond acceptors (Lipinski definition) is 5. The van der Waals surface area contributed by atoms with Crippen molar-refractivity contribution in [3.8, 4) is 0 Å². The van der Waals surface area contributed by atoms with E-state index in [-0.39, 0.29) is 0 Å². The summed E-state index contributed by atoms with van der Waals surface area (Å²) < 4.78 is 5.74. The molecule has 18 heavy (non-hydrogen) atoms. The zero-order valence-corrected chi connectivity index (χ0v) is 11.2. The summed E-state index contributed by atoms with van der Waals surface area (Å²) in [4.78, 5) is 13.3. The van der Waals surface area contributed by atoms with Crippen molar-refractivity contribution in [3.05, 3.63) is 17.4 Å². The lowest BCUT2D eigenvalue weighted by atomic mass is 10.1. The molecule has 3 heterocycles. The molecule has 2 aliphatic heterocycles. The van der Waals surface area contributed by atoms with Crippen LogP contribution in [-0.4, -0.2) is 60.8 Å². The third-order valence-corrected chi connectivity index (χ3v) is 3.71. The molecule has 2 bridgehead atoms. The van der Waals surface area contributed by atoms with Crippen molar-refractivity contribution >= 4 is 17.5 Å². The van der Waals surface area contributed by atoms with Crippen molar-refractivity contribution in [1.29, 1.82) is 0 Å². The molecule has 2 saturated heterocycles. The van der Waals surface area contributed by atoms with Crippen LogP contribution in [0.15, 0.2) is 12.4 Å². The van der Waals surface area contributed by atoms with Gasteiger partial charge in [0.1, 0.15) is 0 Å². The van der Waals surface area contributed by atoms with Gasteiger partial charge < -0.3 is 14.5 Å². The van der Waals surface area contributed by atoms with Crippen molar-refractivity contribution < 1.29 is 4.74 Å². The minimum absolute atomic E-state index is 0.323. The zero-order chi connectivity index (χ0) is 12.5. The topological polar surface area (TPSA) is 41.5 Å². The number of hydrogen-bond donors (Lipinski definition) is 0. The van der Waals surface area contributed by atoms with Gasteiger partial charge in [-0.2, -0.15) is 0 Å². The van der Waals surface area contributed by atoms with E-state index in [0.717, 1.165) is 38.8 Å². The van der Waals surface area contributed by atoms with E-state index in [1.165, 1.54) is 0 Å². The Kier molecular flexibility index (Phi) is 3.37. The SMILES string of the molecule is CN1C[C@@H]2COC[C@H](C1)N(c1ncc(Cl)cn1)C2. The van der Waals surface area contributed by atoms with Crippen LogP contribution in [-0.2, 0) is 4.74 Å². The molecule has 6 heteroatoms. The Bertz CT molecular complexity index is 413. The minimum Gasteiger partial charge on any atom is -0.379 e. The van der Waals surface area contributed by atoms with Gasteiger partial charge in [0.05, 0.1) is 36.7 Å². The molecule has 1 aromatic heterocycles. The van der Waals surface area contributed by atoms with Crippen LogP contribution in [0.25, 0.3) is 0 Å².